The Morgan fingerprint density at radius 3 is 2.41 bits per heavy atom. The quantitative estimate of drug-likeness (QED) is 0.102. The van der Waals surface area contributed by atoms with Gasteiger partial charge >= 0.3 is 0 Å². The van der Waals surface area contributed by atoms with Crippen LogP contribution in [-0.2, 0) is 23.9 Å². The van der Waals surface area contributed by atoms with Crippen LogP contribution in [0, 0.1) is 0 Å². The third kappa shape index (κ3) is 9.90. The van der Waals surface area contributed by atoms with Gasteiger partial charge in [-0.05, 0) is 56.0 Å². The second-order valence-electron chi connectivity index (χ2n) is 16.6. The standard InChI is InChI=1S/C45H54N10O9/c1-51(2)43(60)35-25-29-26-47-45(50-40(29)54(35)30-7-3-4-8-30)48-37-14-12-31(27-46-37)53-18-16-52(17-19-53)20-22-63-24-23-62-21-6-9-32(56)28-64-36-11-5-10-33-39(36)44(61)55(42(33)59)34-13-15-38(57)49-41(34)58/h5,10-12,14,25-27,30,34H,3-4,6-9,13,15-24,28H2,1-2H3,(H,49,57,58)(H,46,47,48,50). The number of Topliss-reactive ketones (excluding diaryl/α,β-unsaturated/α-hetero) is 1. The fourth-order valence-corrected chi connectivity index (χ4v) is 8.71. The van der Waals surface area contributed by atoms with E-state index in [1.807, 2.05) is 18.3 Å². The van der Waals surface area contributed by atoms with Crippen LogP contribution in [0.3, 0.4) is 0 Å². The number of fused-ring (bicyclic) bond motifs is 2. The van der Waals surface area contributed by atoms with Gasteiger partial charge in [0.05, 0.1) is 42.8 Å². The first-order valence-corrected chi connectivity index (χ1v) is 22.0. The SMILES string of the molecule is CN(C)C(=O)c1cc2cnc(Nc3ccc(N4CCN(CCOCCOCCCC(=O)COc5cccc6c5C(=O)N(C5CCC(=O)NC5=O)C6=O)CC4)cn3)nc2n1C1CCCC1. The summed E-state index contributed by atoms with van der Waals surface area (Å²) in [6.07, 6.45) is 8.72. The second kappa shape index (κ2) is 20.0. The predicted molar refractivity (Wildman–Crippen MR) is 234 cm³/mol. The molecule has 4 aromatic rings. The number of aromatic nitrogens is 4. The summed E-state index contributed by atoms with van der Waals surface area (Å²) in [5, 5.41) is 6.27. The van der Waals surface area contributed by atoms with Gasteiger partial charge in [-0.2, -0.15) is 4.98 Å². The van der Waals surface area contributed by atoms with Crippen molar-refractivity contribution in [3.05, 3.63) is 65.6 Å². The van der Waals surface area contributed by atoms with Crippen LogP contribution in [0.1, 0.15) is 88.6 Å². The highest BCUT2D eigenvalue weighted by atomic mass is 16.5. The number of piperazine rings is 1. The van der Waals surface area contributed by atoms with E-state index in [-0.39, 0.29) is 60.5 Å². The lowest BCUT2D eigenvalue weighted by molar-refractivity contribution is -0.136. The first-order valence-electron chi connectivity index (χ1n) is 22.0. The Bertz CT molecular complexity index is 2390. The molecule has 5 amide bonds. The maximum absolute atomic E-state index is 13.2. The van der Waals surface area contributed by atoms with Gasteiger partial charge < -0.3 is 33.9 Å². The molecule has 0 spiro atoms. The van der Waals surface area contributed by atoms with Crippen molar-refractivity contribution in [2.45, 2.75) is 63.5 Å². The summed E-state index contributed by atoms with van der Waals surface area (Å²) < 4.78 is 19.2. The lowest BCUT2D eigenvalue weighted by atomic mass is 10.0. The number of rotatable bonds is 19. The summed E-state index contributed by atoms with van der Waals surface area (Å²) in [5.41, 5.74) is 2.54. The minimum atomic E-state index is -1.09. The Hall–Kier alpha value is -6.31. The molecular weight excluding hydrogens is 825 g/mol. The van der Waals surface area contributed by atoms with E-state index in [1.54, 1.807) is 31.3 Å². The molecule has 1 saturated carbocycles. The number of amides is 5. The van der Waals surface area contributed by atoms with Gasteiger partial charge in [-0.1, -0.05) is 18.9 Å². The van der Waals surface area contributed by atoms with E-state index in [1.165, 1.54) is 12.1 Å². The summed E-state index contributed by atoms with van der Waals surface area (Å²) in [7, 11) is 3.54. The molecule has 1 aromatic carbocycles. The van der Waals surface area contributed by atoms with Gasteiger partial charge in [0, 0.05) is 83.9 Å². The maximum Gasteiger partial charge on any atom is 0.270 e. The number of benzene rings is 1. The number of ether oxygens (including phenoxy) is 3. The van der Waals surface area contributed by atoms with Crippen molar-refractivity contribution in [3.8, 4) is 5.75 Å². The van der Waals surface area contributed by atoms with Crippen molar-refractivity contribution in [2.75, 3.05) is 90.1 Å². The van der Waals surface area contributed by atoms with Crippen LogP contribution in [0.15, 0.2) is 48.8 Å². The molecule has 6 heterocycles. The molecule has 2 saturated heterocycles. The van der Waals surface area contributed by atoms with E-state index in [2.05, 4.69) is 41.0 Å². The number of nitrogens with one attached hydrogen (secondary N) is 2. The number of carbonyl (C=O) groups excluding carboxylic acids is 6. The smallest absolute Gasteiger partial charge is 0.270 e. The van der Waals surface area contributed by atoms with Crippen LogP contribution in [0.25, 0.3) is 11.0 Å². The second-order valence-corrected chi connectivity index (χ2v) is 16.6. The highest BCUT2D eigenvalue weighted by Crippen LogP contribution is 2.36. The summed E-state index contributed by atoms with van der Waals surface area (Å²) in [6.45, 7) is 5.83. The largest absolute Gasteiger partial charge is 0.485 e. The molecule has 19 heteroatoms. The number of hydrogen-bond donors (Lipinski definition) is 2. The van der Waals surface area contributed by atoms with Crippen molar-refractivity contribution < 1.29 is 43.0 Å². The van der Waals surface area contributed by atoms with Gasteiger partial charge in [-0.3, -0.25) is 43.9 Å². The normalized spacial score (nSPS) is 18.2. The van der Waals surface area contributed by atoms with Crippen LogP contribution >= 0.6 is 0 Å². The number of ketones is 1. The molecule has 0 bridgehead atoms. The molecule has 3 aromatic heterocycles. The molecule has 3 aliphatic heterocycles. The zero-order valence-electron chi connectivity index (χ0n) is 36.3. The molecule has 19 nitrogen and oxygen atoms in total. The molecule has 2 N–H and O–H groups in total. The van der Waals surface area contributed by atoms with E-state index >= 15 is 0 Å². The lowest BCUT2D eigenvalue weighted by Crippen LogP contribution is -2.54. The predicted octanol–water partition coefficient (Wildman–Crippen LogP) is 3.37. The molecule has 64 heavy (non-hydrogen) atoms. The summed E-state index contributed by atoms with van der Waals surface area (Å²) >= 11 is 0. The van der Waals surface area contributed by atoms with Crippen LogP contribution in [-0.4, -0.2) is 155 Å². The van der Waals surface area contributed by atoms with E-state index < -0.39 is 29.7 Å². The Morgan fingerprint density at radius 2 is 1.67 bits per heavy atom. The molecule has 4 aliphatic rings. The molecule has 0 radical (unpaired) electrons. The first kappa shape index (κ1) is 44.3. The maximum atomic E-state index is 13.2. The Kier molecular flexibility index (Phi) is 13.9. The van der Waals surface area contributed by atoms with E-state index in [0.29, 0.717) is 50.3 Å². The summed E-state index contributed by atoms with van der Waals surface area (Å²) in [5.74, 6) is -1.54. The van der Waals surface area contributed by atoms with Crippen LogP contribution in [0.5, 0.6) is 5.75 Å². The fourth-order valence-electron chi connectivity index (χ4n) is 8.71. The van der Waals surface area contributed by atoms with Gasteiger partial charge in [0.2, 0.25) is 17.8 Å². The zero-order valence-corrected chi connectivity index (χ0v) is 36.3. The zero-order chi connectivity index (χ0) is 44.7. The highest BCUT2D eigenvalue weighted by Gasteiger charge is 2.46. The van der Waals surface area contributed by atoms with Crippen LogP contribution in [0.4, 0.5) is 17.5 Å². The Balaban J connectivity index is 0.692. The molecule has 338 valence electrons. The van der Waals surface area contributed by atoms with Gasteiger partial charge in [0.25, 0.3) is 17.7 Å². The lowest BCUT2D eigenvalue weighted by Gasteiger charge is -2.35. The number of imide groups is 2. The average molecular weight is 879 g/mol. The molecule has 8 rings (SSSR count). The van der Waals surface area contributed by atoms with Gasteiger partial charge in [0.15, 0.2) is 5.78 Å². The van der Waals surface area contributed by atoms with Crippen molar-refractivity contribution in [3.63, 3.8) is 0 Å². The van der Waals surface area contributed by atoms with Gasteiger partial charge in [0.1, 0.15) is 35.6 Å². The van der Waals surface area contributed by atoms with Gasteiger partial charge in [-0.25, -0.2) is 9.97 Å². The minimum Gasteiger partial charge on any atom is -0.485 e. The fraction of sp³-hybridized carbons (Fsp3) is 0.489. The molecular formula is C45H54N10O9. The summed E-state index contributed by atoms with van der Waals surface area (Å²) in [6, 6.07) is 9.56. The topological polar surface area (TPSA) is 211 Å². The monoisotopic (exact) mass is 878 g/mol. The first-order chi connectivity index (χ1) is 31.0. The van der Waals surface area contributed by atoms with Gasteiger partial charge in [-0.15, -0.1) is 0 Å². The number of pyridine rings is 1. The number of carbonyl (C=O) groups is 6. The summed E-state index contributed by atoms with van der Waals surface area (Å²) in [4.78, 5) is 97.0. The van der Waals surface area contributed by atoms with Crippen molar-refractivity contribution in [1.29, 1.82) is 0 Å². The van der Waals surface area contributed by atoms with Crippen LogP contribution < -0.4 is 20.3 Å². The molecule has 1 unspecified atom stereocenters. The molecule has 1 atom stereocenters. The molecule has 3 fully saturated rings. The van der Waals surface area contributed by atoms with Crippen molar-refractivity contribution >= 4 is 63.8 Å². The van der Waals surface area contributed by atoms with E-state index in [9.17, 15) is 28.8 Å². The third-order valence-corrected chi connectivity index (χ3v) is 12.1. The van der Waals surface area contributed by atoms with Crippen LogP contribution in [0.2, 0.25) is 0 Å². The van der Waals surface area contributed by atoms with E-state index in [4.69, 9.17) is 19.2 Å². The average Bonchev–Trinajstić information content (AvgIpc) is 4.02. The van der Waals surface area contributed by atoms with Crippen molar-refractivity contribution in [1.82, 2.24) is 39.5 Å². The number of piperidine rings is 1. The number of nitrogens with zero attached hydrogens (tertiary/aromatic N) is 8. The Morgan fingerprint density at radius 1 is 0.891 bits per heavy atom. The van der Waals surface area contributed by atoms with Crippen molar-refractivity contribution in [2.24, 2.45) is 0 Å². The minimum absolute atomic E-state index is 0.00650. The highest BCUT2D eigenvalue weighted by molar-refractivity contribution is 6.24. The Labute approximate surface area is 370 Å². The molecule has 1 aliphatic carbocycles. The van der Waals surface area contributed by atoms with E-state index in [0.717, 1.165) is 80.0 Å². The third-order valence-electron chi connectivity index (χ3n) is 12.1. The number of anilines is 3. The number of hydrogen-bond acceptors (Lipinski definition) is 15.